The van der Waals surface area contributed by atoms with Gasteiger partial charge in [0.25, 0.3) is 0 Å². The molecule has 2 nitrogen and oxygen atoms in total. The van der Waals surface area contributed by atoms with E-state index < -0.39 is 0 Å². The number of piperidine rings is 2. The molecule has 6 heteroatoms. The minimum absolute atomic E-state index is 0. The first-order valence-electron chi connectivity index (χ1n) is 6.56. The zero-order chi connectivity index (χ0) is 11.9. The van der Waals surface area contributed by atoms with Crippen molar-refractivity contribution in [2.45, 2.75) is 33.8 Å². The molecule has 0 aliphatic carbocycles. The van der Waals surface area contributed by atoms with Crippen LogP contribution < -0.4 is 0 Å². The van der Waals surface area contributed by atoms with Gasteiger partial charge in [-0.05, 0) is 66.0 Å². The Kier molecular flexibility index (Phi) is 5.16. The Morgan fingerprint density at radius 1 is 0.722 bits per heavy atom. The van der Waals surface area contributed by atoms with Crippen molar-refractivity contribution in [2.75, 3.05) is 40.3 Å². The van der Waals surface area contributed by atoms with Crippen molar-refractivity contribution in [1.82, 2.24) is 9.80 Å². The van der Waals surface area contributed by atoms with E-state index in [1.165, 1.54) is 51.9 Å². The molecule has 0 bridgehead atoms. The summed E-state index contributed by atoms with van der Waals surface area (Å²) >= 11 is 2.33. The molecular weight excluding hydrogens is 304 g/mol. The van der Waals surface area contributed by atoms with Crippen LogP contribution >= 0.6 is 45.8 Å². The van der Waals surface area contributed by atoms with Gasteiger partial charge in [0.05, 0.1) is 8.16 Å². The monoisotopic (exact) mass is 326 g/mol. The lowest BCUT2D eigenvalue weighted by atomic mass is 10.1. The second-order valence-corrected chi connectivity index (χ2v) is 10.9. The third kappa shape index (κ3) is 3.12. The molecule has 3 aliphatic heterocycles. The Balaban J connectivity index is 0.00000120. The molecule has 0 atom stereocenters. The lowest BCUT2D eigenvalue weighted by Crippen LogP contribution is -2.41. The van der Waals surface area contributed by atoms with Gasteiger partial charge in [0.1, 0.15) is 0 Å². The van der Waals surface area contributed by atoms with Crippen molar-refractivity contribution < 1.29 is 0 Å². The molecule has 3 rings (SSSR count). The number of nitrogens with zero attached hydrogens (tertiary/aromatic N) is 2. The SMILES string of the molecule is CN1CCC2(CC1)SSC1(CCN(C)CC1)S2.Cl. The Hall–Kier alpha value is 1.26. The molecule has 0 aromatic heterocycles. The maximum absolute atomic E-state index is 2.48. The van der Waals surface area contributed by atoms with Crippen molar-refractivity contribution in [3.63, 3.8) is 0 Å². The molecule has 2 spiro atoms. The third-order valence-electron chi connectivity index (χ3n) is 4.22. The minimum Gasteiger partial charge on any atom is -0.306 e. The van der Waals surface area contributed by atoms with Gasteiger partial charge in [-0.3, -0.25) is 0 Å². The second-order valence-electron chi connectivity index (χ2n) is 5.70. The predicted molar refractivity (Wildman–Crippen MR) is 88.9 cm³/mol. The van der Waals surface area contributed by atoms with Crippen LogP contribution in [0.1, 0.15) is 25.7 Å². The topological polar surface area (TPSA) is 6.48 Å². The third-order valence-corrected chi connectivity index (χ3v) is 11.1. The number of thioether (sulfide) groups is 1. The van der Waals surface area contributed by atoms with Gasteiger partial charge < -0.3 is 9.80 Å². The first-order chi connectivity index (χ1) is 8.12. The fourth-order valence-electron chi connectivity index (χ4n) is 2.81. The van der Waals surface area contributed by atoms with Crippen LogP contribution in [0.5, 0.6) is 0 Å². The van der Waals surface area contributed by atoms with Gasteiger partial charge in [-0.25, -0.2) is 0 Å². The summed E-state index contributed by atoms with van der Waals surface area (Å²) < 4.78 is 1.10. The first-order valence-corrected chi connectivity index (χ1v) is 9.52. The summed E-state index contributed by atoms with van der Waals surface area (Å²) in [5.74, 6) is 0. The summed E-state index contributed by atoms with van der Waals surface area (Å²) in [4.78, 5) is 4.97. The van der Waals surface area contributed by atoms with Crippen LogP contribution in [0.15, 0.2) is 0 Å². The van der Waals surface area contributed by atoms with Gasteiger partial charge in [-0.15, -0.1) is 24.2 Å². The fraction of sp³-hybridized carbons (Fsp3) is 1.00. The highest BCUT2D eigenvalue weighted by molar-refractivity contribution is 8.83. The zero-order valence-corrected chi connectivity index (χ0v) is 14.5. The van der Waals surface area contributed by atoms with E-state index >= 15 is 0 Å². The molecule has 106 valence electrons. The van der Waals surface area contributed by atoms with Gasteiger partial charge in [-0.2, -0.15) is 0 Å². The van der Waals surface area contributed by atoms with Crippen LogP contribution in [0, 0.1) is 0 Å². The maximum atomic E-state index is 2.48. The smallest absolute Gasteiger partial charge is 0.0753 e. The lowest BCUT2D eigenvalue weighted by molar-refractivity contribution is 0.265. The normalized spacial score (nSPS) is 31.7. The molecule has 0 aromatic rings. The van der Waals surface area contributed by atoms with Crippen molar-refractivity contribution in [1.29, 1.82) is 0 Å². The maximum Gasteiger partial charge on any atom is 0.0753 e. The van der Waals surface area contributed by atoms with E-state index in [4.69, 9.17) is 0 Å². The number of hydrogen-bond acceptors (Lipinski definition) is 5. The van der Waals surface area contributed by atoms with E-state index in [0.717, 1.165) is 0 Å². The largest absolute Gasteiger partial charge is 0.306 e. The Labute approximate surface area is 129 Å². The highest BCUT2D eigenvalue weighted by Crippen LogP contribution is 2.70. The number of likely N-dealkylation sites (tertiary alicyclic amines) is 2. The predicted octanol–water partition coefficient (Wildman–Crippen LogP) is 3.38. The van der Waals surface area contributed by atoms with Crippen LogP contribution in [0.3, 0.4) is 0 Å². The van der Waals surface area contributed by atoms with E-state index in [-0.39, 0.29) is 12.4 Å². The number of hydrogen-bond donors (Lipinski definition) is 0. The number of rotatable bonds is 0. The van der Waals surface area contributed by atoms with Crippen molar-refractivity contribution >= 4 is 45.8 Å². The summed E-state index contributed by atoms with van der Waals surface area (Å²) in [5.41, 5.74) is 0. The molecule has 3 aliphatic rings. The highest BCUT2D eigenvalue weighted by atomic mass is 35.5. The molecule has 0 unspecified atom stereocenters. The minimum atomic E-state index is 0. The van der Waals surface area contributed by atoms with E-state index in [9.17, 15) is 0 Å². The average molecular weight is 327 g/mol. The second kappa shape index (κ2) is 5.94. The average Bonchev–Trinajstić information content (AvgIpc) is 2.68. The van der Waals surface area contributed by atoms with E-state index in [0.29, 0.717) is 8.16 Å². The van der Waals surface area contributed by atoms with Crippen molar-refractivity contribution in [2.24, 2.45) is 0 Å². The van der Waals surface area contributed by atoms with Crippen molar-refractivity contribution in [3.8, 4) is 0 Å². The summed E-state index contributed by atoms with van der Waals surface area (Å²) in [6, 6.07) is 0. The van der Waals surface area contributed by atoms with Gasteiger partial charge in [0.15, 0.2) is 0 Å². The Morgan fingerprint density at radius 3 is 1.39 bits per heavy atom. The van der Waals surface area contributed by atoms with E-state index in [2.05, 4.69) is 57.2 Å². The first kappa shape index (κ1) is 15.6. The Morgan fingerprint density at radius 2 is 1.06 bits per heavy atom. The number of halogens is 1. The molecule has 0 amide bonds. The van der Waals surface area contributed by atoms with Crippen molar-refractivity contribution in [3.05, 3.63) is 0 Å². The molecule has 18 heavy (non-hydrogen) atoms. The summed E-state index contributed by atoms with van der Waals surface area (Å²) in [6.07, 6.45) is 5.51. The molecule has 0 saturated carbocycles. The molecule has 3 saturated heterocycles. The lowest BCUT2D eigenvalue weighted by Gasteiger charge is -2.40. The summed E-state index contributed by atoms with van der Waals surface area (Å²) in [6.45, 7) is 5.15. The summed E-state index contributed by atoms with van der Waals surface area (Å²) in [5, 5.41) is 0. The van der Waals surface area contributed by atoms with E-state index in [1.54, 1.807) is 0 Å². The summed E-state index contributed by atoms with van der Waals surface area (Å²) in [7, 11) is 8.94. The van der Waals surface area contributed by atoms with Crippen LogP contribution in [0.25, 0.3) is 0 Å². The van der Waals surface area contributed by atoms with Gasteiger partial charge in [0, 0.05) is 0 Å². The van der Waals surface area contributed by atoms with Crippen LogP contribution in [0.4, 0.5) is 0 Å². The standard InChI is InChI=1S/C12H22N2S3.ClH/c1-13-7-3-11(4-8-13)15-12(17-16-11)5-9-14(2)10-6-12;/h3-10H2,1-2H3;1H. The highest BCUT2D eigenvalue weighted by Gasteiger charge is 2.52. The molecular formula is C12H23ClN2S3. The van der Waals surface area contributed by atoms with Gasteiger partial charge >= 0.3 is 0 Å². The zero-order valence-electron chi connectivity index (χ0n) is 11.2. The molecule has 0 aromatic carbocycles. The quantitative estimate of drug-likeness (QED) is 0.628. The molecule has 0 radical (unpaired) electrons. The Bertz CT molecular complexity index is 259. The van der Waals surface area contributed by atoms with Crippen LogP contribution in [-0.4, -0.2) is 58.2 Å². The fourth-order valence-corrected chi connectivity index (χ4v) is 9.79. The van der Waals surface area contributed by atoms with Crippen LogP contribution in [-0.2, 0) is 0 Å². The van der Waals surface area contributed by atoms with Gasteiger partial charge in [0.2, 0.25) is 0 Å². The van der Waals surface area contributed by atoms with E-state index in [1.807, 2.05) is 0 Å². The molecule has 0 N–H and O–H groups in total. The molecule has 3 heterocycles. The van der Waals surface area contributed by atoms with Crippen LogP contribution in [0.2, 0.25) is 0 Å². The van der Waals surface area contributed by atoms with Gasteiger partial charge in [-0.1, -0.05) is 21.6 Å². The molecule has 3 fully saturated rings.